The summed E-state index contributed by atoms with van der Waals surface area (Å²) in [6.45, 7) is 3.54. The van der Waals surface area contributed by atoms with Gasteiger partial charge in [0.15, 0.2) is 0 Å². The van der Waals surface area contributed by atoms with E-state index in [0.717, 1.165) is 55.4 Å². The van der Waals surface area contributed by atoms with E-state index in [1.807, 2.05) is 48.5 Å². The number of hydrogen-bond acceptors (Lipinski definition) is 3. The minimum atomic E-state index is -0.373. The van der Waals surface area contributed by atoms with Crippen LogP contribution in [0.15, 0.2) is 91.0 Å². The number of benzene rings is 4. The Kier molecular flexibility index (Phi) is 10.7. The van der Waals surface area contributed by atoms with Crippen LogP contribution in [0.1, 0.15) is 51.0 Å². The molecule has 0 fully saturated rings. The van der Waals surface area contributed by atoms with Crippen LogP contribution >= 0.6 is 0 Å². The molecule has 40 heavy (non-hydrogen) atoms. The van der Waals surface area contributed by atoms with Crippen molar-refractivity contribution in [1.29, 1.82) is 5.26 Å². The first kappa shape index (κ1) is 28.8. The van der Waals surface area contributed by atoms with E-state index in [2.05, 4.69) is 13.0 Å². The van der Waals surface area contributed by atoms with Gasteiger partial charge in [-0.3, -0.25) is 0 Å². The quantitative estimate of drug-likeness (QED) is 0.150. The van der Waals surface area contributed by atoms with Crippen LogP contribution < -0.4 is 9.47 Å². The first-order valence-corrected chi connectivity index (χ1v) is 13.9. The summed E-state index contributed by atoms with van der Waals surface area (Å²) in [5.74, 6) is 1.31. The molecule has 4 aromatic rings. The predicted octanol–water partition coefficient (Wildman–Crippen LogP) is 9.60. The van der Waals surface area contributed by atoms with Crippen molar-refractivity contribution in [2.45, 2.75) is 45.4 Å². The molecule has 0 amide bonds. The van der Waals surface area contributed by atoms with E-state index in [1.54, 1.807) is 24.3 Å². The zero-order chi connectivity index (χ0) is 28.2. The summed E-state index contributed by atoms with van der Waals surface area (Å²) in [5, 5.41) is 8.94. The summed E-state index contributed by atoms with van der Waals surface area (Å²) < 4.78 is 39.3. The molecule has 0 aliphatic heterocycles. The Balaban J connectivity index is 1.06. The first-order chi connectivity index (χ1) is 19.5. The molecule has 0 radical (unpaired) electrons. The van der Waals surface area contributed by atoms with Crippen molar-refractivity contribution in [3.63, 3.8) is 0 Å². The van der Waals surface area contributed by atoms with Crippen LogP contribution in [0.25, 0.3) is 22.3 Å². The molecule has 1 unspecified atom stereocenters. The lowest BCUT2D eigenvalue weighted by molar-refractivity contribution is 0.289. The Morgan fingerprint density at radius 3 is 1.75 bits per heavy atom. The molecule has 0 spiro atoms. The minimum Gasteiger partial charge on any atom is -0.494 e. The standard InChI is InChI=1S/C35H35F2NO2/c1-26(6-2-4-22-39-32-18-14-29(15-19-32)28-10-8-27(25-38)9-11-28)7-3-5-23-40-33-20-21-34(35(37)24-33)30-12-16-31(36)17-13-30/h8-21,24,26H,2-7,22-23H2,1H3. The Bertz CT molecular complexity index is 1380. The highest BCUT2D eigenvalue weighted by Gasteiger charge is 2.08. The second-order valence-electron chi connectivity index (χ2n) is 10.2. The molecule has 0 saturated carbocycles. The van der Waals surface area contributed by atoms with Gasteiger partial charge in [0, 0.05) is 11.6 Å². The number of ether oxygens (including phenoxy) is 2. The second kappa shape index (κ2) is 14.8. The number of unbranched alkanes of at least 4 members (excludes halogenated alkanes) is 2. The minimum absolute atomic E-state index is 0.341. The molecular formula is C35H35F2NO2. The van der Waals surface area contributed by atoms with Crippen LogP contribution in [0.4, 0.5) is 8.78 Å². The molecule has 0 aliphatic carbocycles. The molecule has 4 rings (SSSR count). The van der Waals surface area contributed by atoms with E-state index in [9.17, 15) is 8.78 Å². The zero-order valence-electron chi connectivity index (χ0n) is 22.9. The highest BCUT2D eigenvalue weighted by molar-refractivity contribution is 5.65. The van der Waals surface area contributed by atoms with Gasteiger partial charge in [0.2, 0.25) is 0 Å². The van der Waals surface area contributed by atoms with Crippen molar-refractivity contribution < 1.29 is 18.3 Å². The van der Waals surface area contributed by atoms with Gasteiger partial charge in [-0.15, -0.1) is 0 Å². The molecule has 3 nitrogen and oxygen atoms in total. The lowest BCUT2D eigenvalue weighted by atomic mass is 9.98. The Hall–Kier alpha value is -4.17. The zero-order valence-corrected chi connectivity index (χ0v) is 22.9. The average molecular weight is 540 g/mol. The highest BCUT2D eigenvalue weighted by Crippen LogP contribution is 2.27. The average Bonchev–Trinajstić information content (AvgIpc) is 2.98. The maximum Gasteiger partial charge on any atom is 0.134 e. The van der Waals surface area contributed by atoms with Crippen molar-refractivity contribution in [3.8, 4) is 39.8 Å². The lowest BCUT2D eigenvalue weighted by Gasteiger charge is -2.12. The van der Waals surface area contributed by atoms with Gasteiger partial charge >= 0.3 is 0 Å². The van der Waals surface area contributed by atoms with Crippen molar-refractivity contribution in [2.75, 3.05) is 13.2 Å². The van der Waals surface area contributed by atoms with Crippen LogP contribution in [0.5, 0.6) is 11.5 Å². The summed E-state index contributed by atoms with van der Waals surface area (Å²) in [6, 6.07) is 28.4. The van der Waals surface area contributed by atoms with Crippen LogP contribution in [0, 0.1) is 28.9 Å². The fourth-order valence-electron chi connectivity index (χ4n) is 4.64. The highest BCUT2D eigenvalue weighted by atomic mass is 19.1. The SMILES string of the molecule is CC(CCCCOc1ccc(-c2ccc(C#N)cc2)cc1)CCCCOc1ccc(-c2ccc(F)cc2)c(F)c1. The summed E-state index contributed by atoms with van der Waals surface area (Å²) in [5.41, 5.74) is 3.91. The molecule has 0 bridgehead atoms. The van der Waals surface area contributed by atoms with Crippen molar-refractivity contribution in [3.05, 3.63) is 108 Å². The number of hydrogen-bond donors (Lipinski definition) is 0. The Morgan fingerprint density at radius 1 is 0.650 bits per heavy atom. The van der Waals surface area contributed by atoms with E-state index >= 15 is 0 Å². The summed E-state index contributed by atoms with van der Waals surface area (Å²) in [7, 11) is 0. The third kappa shape index (κ3) is 8.68. The van der Waals surface area contributed by atoms with Gasteiger partial charge in [-0.25, -0.2) is 8.78 Å². The van der Waals surface area contributed by atoms with E-state index in [1.165, 1.54) is 18.2 Å². The molecule has 0 N–H and O–H groups in total. The first-order valence-electron chi connectivity index (χ1n) is 13.9. The van der Waals surface area contributed by atoms with Crippen LogP contribution in [-0.2, 0) is 0 Å². The predicted molar refractivity (Wildman–Crippen MR) is 156 cm³/mol. The molecular weight excluding hydrogens is 504 g/mol. The second-order valence-corrected chi connectivity index (χ2v) is 10.2. The number of halogens is 2. The third-order valence-corrected chi connectivity index (χ3v) is 7.02. The van der Waals surface area contributed by atoms with Gasteiger partial charge in [-0.1, -0.05) is 56.2 Å². The number of nitrogens with zero attached hydrogens (tertiary/aromatic N) is 1. The molecule has 0 aliphatic rings. The largest absolute Gasteiger partial charge is 0.494 e. The fraction of sp³-hybridized carbons (Fsp3) is 0.286. The normalized spacial score (nSPS) is 11.6. The van der Waals surface area contributed by atoms with E-state index < -0.39 is 0 Å². The maximum absolute atomic E-state index is 14.5. The molecule has 0 heterocycles. The van der Waals surface area contributed by atoms with Gasteiger partial charge < -0.3 is 9.47 Å². The molecule has 5 heteroatoms. The van der Waals surface area contributed by atoms with Gasteiger partial charge in [-0.05, 0) is 96.8 Å². The van der Waals surface area contributed by atoms with Gasteiger partial charge in [-0.2, -0.15) is 5.26 Å². The maximum atomic E-state index is 14.5. The number of rotatable bonds is 14. The van der Waals surface area contributed by atoms with Gasteiger partial charge in [0.25, 0.3) is 0 Å². The van der Waals surface area contributed by atoms with E-state index in [0.29, 0.717) is 41.6 Å². The van der Waals surface area contributed by atoms with Crippen molar-refractivity contribution in [2.24, 2.45) is 5.92 Å². The Labute approximate surface area is 236 Å². The van der Waals surface area contributed by atoms with Gasteiger partial charge in [0.05, 0.1) is 24.8 Å². The molecule has 0 saturated heterocycles. The molecule has 1 atom stereocenters. The fourth-order valence-corrected chi connectivity index (χ4v) is 4.64. The molecule has 0 aromatic heterocycles. The summed E-state index contributed by atoms with van der Waals surface area (Å²) in [6.07, 6.45) is 6.44. The topological polar surface area (TPSA) is 42.2 Å². The van der Waals surface area contributed by atoms with Gasteiger partial charge in [0.1, 0.15) is 23.1 Å². The van der Waals surface area contributed by atoms with Crippen molar-refractivity contribution in [1.82, 2.24) is 0 Å². The smallest absolute Gasteiger partial charge is 0.134 e. The molecule has 4 aromatic carbocycles. The Morgan fingerprint density at radius 2 is 1.18 bits per heavy atom. The number of nitriles is 1. The van der Waals surface area contributed by atoms with Crippen LogP contribution in [0.2, 0.25) is 0 Å². The van der Waals surface area contributed by atoms with Crippen molar-refractivity contribution >= 4 is 0 Å². The lowest BCUT2D eigenvalue weighted by Crippen LogP contribution is -2.02. The monoisotopic (exact) mass is 539 g/mol. The van der Waals surface area contributed by atoms with E-state index in [4.69, 9.17) is 14.7 Å². The summed E-state index contributed by atoms with van der Waals surface area (Å²) >= 11 is 0. The van der Waals surface area contributed by atoms with Crippen LogP contribution in [-0.4, -0.2) is 13.2 Å². The molecule has 206 valence electrons. The summed E-state index contributed by atoms with van der Waals surface area (Å²) in [4.78, 5) is 0. The third-order valence-electron chi connectivity index (χ3n) is 7.02. The van der Waals surface area contributed by atoms with E-state index in [-0.39, 0.29) is 11.6 Å². The van der Waals surface area contributed by atoms with Crippen LogP contribution in [0.3, 0.4) is 0 Å².